The number of benzene rings is 1. The van der Waals surface area contributed by atoms with Crippen molar-refractivity contribution in [3.8, 4) is 5.75 Å². The number of rotatable bonds is 2. The monoisotopic (exact) mass is 327 g/mol. The number of carbonyl (C=O) groups excluding carboxylic acids is 1. The fourth-order valence-corrected chi connectivity index (χ4v) is 4.37. The number of amides is 1. The Bertz CT molecular complexity index is 782. The number of aromatic nitrogens is 1. The molecule has 2 atom stereocenters. The Morgan fingerprint density at radius 2 is 1.96 bits per heavy atom. The Balaban J connectivity index is 1.69. The average Bonchev–Trinajstić information content (AvgIpc) is 2.71. The van der Waals surface area contributed by atoms with E-state index in [-0.39, 0.29) is 5.91 Å². The Morgan fingerprint density at radius 3 is 2.75 bits per heavy atom. The summed E-state index contributed by atoms with van der Waals surface area (Å²) in [5.74, 6) is 1.59. The zero-order chi connectivity index (χ0) is 16.8. The summed E-state index contributed by atoms with van der Waals surface area (Å²) in [6.07, 6.45) is 2.36. The first kappa shape index (κ1) is 15.5. The van der Waals surface area contributed by atoms with Crippen LogP contribution in [-0.2, 0) is 7.05 Å². The molecule has 5 nitrogen and oxygen atoms in total. The van der Waals surface area contributed by atoms with Crippen molar-refractivity contribution >= 4 is 16.8 Å². The molecule has 0 unspecified atom stereocenters. The highest BCUT2D eigenvalue weighted by molar-refractivity contribution is 5.99. The number of aryl methyl sites for hydroxylation is 1. The number of hydrogen-bond acceptors (Lipinski definition) is 3. The number of piperidine rings is 1. The van der Waals surface area contributed by atoms with E-state index in [0.717, 1.165) is 48.4 Å². The lowest BCUT2D eigenvalue weighted by Gasteiger charge is -2.36. The fraction of sp³-hybridized carbons (Fsp3) is 0.526. The average molecular weight is 327 g/mol. The second kappa shape index (κ2) is 5.81. The smallest absolute Gasteiger partial charge is 0.270 e. The standard InChI is InChI=1S/C19H25N3O2/c1-20-10-13-4-5-15(12-20)22(11-13)19(23)18-9-14-8-16(24-3)6-7-17(14)21(18)2/h6-9,13,15H,4-5,10-12H2,1-3H3/t13-,15+/m0/s1. The van der Waals surface area contributed by atoms with Crippen LogP contribution in [0.15, 0.2) is 24.3 Å². The van der Waals surface area contributed by atoms with Gasteiger partial charge in [0.25, 0.3) is 5.91 Å². The Labute approximate surface area is 142 Å². The molecule has 3 aliphatic heterocycles. The van der Waals surface area contributed by atoms with Crippen molar-refractivity contribution in [3.05, 3.63) is 30.0 Å². The van der Waals surface area contributed by atoms with Gasteiger partial charge in [0.1, 0.15) is 11.4 Å². The number of nitrogens with zero attached hydrogens (tertiary/aromatic N) is 3. The van der Waals surface area contributed by atoms with E-state index >= 15 is 0 Å². The number of hydrogen-bond donors (Lipinski definition) is 0. The van der Waals surface area contributed by atoms with Crippen LogP contribution in [0.1, 0.15) is 23.3 Å². The molecule has 0 radical (unpaired) electrons. The molecule has 3 fully saturated rings. The summed E-state index contributed by atoms with van der Waals surface area (Å²) < 4.78 is 7.32. The van der Waals surface area contributed by atoms with Gasteiger partial charge in [0.05, 0.1) is 7.11 Å². The van der Waals surface area contributed by atoms with Crippen molar-refractivity contribution < 1.29 is 9.53 Å². The summed E-state index contributed by atoms with van der Waals surface area (Å²) in [5, 5.41) is 1.05. The van der Waals surface area contributed by atoms with Gasteiger partial charge in [-0.05, 0) is 50.1 Å². The molecule has 0 saturated carbocycles. The normalized spacial score (nSPS) is 24.4. The van der Waals surface area contributed by atoms with Crippen LogP contribution < -0.4 is 4.74 Å². The third-order valence-electron chi connectivity index (χ3n) is 5.63. The molecular weight excluding hydrogens is 302 g/mol. The third kappa shape index (κ3) is 2.47. The first-order chi connectivity index (χ1) is 11.6. The minimum Gasteiger partial charge on any atom is -0.497 e. The van der Waals surface area contributed by atoms with Crippen LogP contribution in [0.3, 0.4) is 0 Å². The number of carbonyl (C=O) groups is 1. The van der Waals surface area contributed by atoms with Crippen molar-refractivity contribution in [1.82, 2.24) is 14.4 Å². The molecule has 0 spiro atoms. The maximum absolute atomic E-state index is 13.2. The summed E-state index contributed by atoms with van der Waals surface area (Å²) in [6, 6.07) is 8.30. The molecule has 3 aliphatic rings. The minimum absolute atomic E-state index is 0.165. The fourth-order valence-electron chi connectivity index (χ4n) is 4.37. The molecule has 5 rings (SSSR count). The van der Waals surface area contributed by atoms with Gasteiger partial charge in [-0.1, -0.05) is 0 Å². The molecule has 1 aromatic heterocycles. The van der Waals surface area contributed by atoms with Crippen LogP contribution in [0.5, 0.6) is 5.75 Å². The Hall–Kier alpha value is -2.01. The molecular formula is C19H25N3O2. The van der Waals surface area contributed by atoms with Crippen molar-refractivity contribution in [2.75, 3.05) is 33.8 Å². The van der Waals surface area contributed by atoms with Crippen molar-refractivity contribution in [3.63, 3.8) is 0 Å². The summed E-state index contributed by atoms with van der Waals surface area (Å²) in [7, 11) is 5.81. The second-order valence-electron chi connectivity index (χ2n) is 7.29. The zero-order valence-electron chi connectivity index (χ0n) is 14.7. The lowest BCUT2D eigenvalue weighted by atomic mass is 9.94. The van der Waals surface area contributed by atoms with Crippen LogP contribution in [0.2, 0.25) is 0 Å². The van der Waals surface area contributed by atoms with Crippen LogP contribution in [0.4, 0.5) is 0 Å². The van der Waals surface area contributed by atoms with Gasteiger partial charge in [-0.3, -0.25) is 4.79 Å². The topological polar surface area (TPSA) is 37.7 Å². The van der Waals surface area contributed by atoms with E-state index in [4.69, 9.17) is 4.74 Å². The van der Waals surface area contributed by atoms with Gasteiger partial charge >= 0.3 is 0 Å². The summed E-state index contributed by atoms with van der Waals surface area (Å²) >= 11 is 0. The van der Waals surface area contributed by atoms with E-state index in [1.807, 2.05) is 35.9 Å². The first-order valence-electron chi connectivity index (χ1n) is 8.70. The van der Waals surface area contributed by atoms with E-state index in [0.29, 0.717) is 12.0 Å². The van der Waals surface area contributed by atoms with Crippen LogP contribution >= 0.6 is 0 Å². The van der Waals surface area contributed by atoms with Crippen LogP contribution in [0.25, 0.3) is 10.9 Å². The minimum atomic E-state index is 0.165. The summed E-state index contributed by atoms with van der Waals surface area (Å²) in [6.45, 7) is 2.98. The van der Waals surface area contributed by atoms with Crippen molar-refractivity contribution in [2.24, 2.45) is 13.0 Å². The number of ether oxygens (including phenoxy) is 1. The highest BCUT2D eigenvalue weighted by Gasteiger charge is 2.37. The predicted molar refractivity (Wildman–Crippen MR) is 94.5 cm³/mol. The zero-order valence-corrected chi connectivity index (χ0v) is 14.7. The Morgan fingerprint density at radius 1 is 1.12 bits per heavy atom. The predicted octanol–water partition coefficient (Wildman–Crippen LogP) is 2.35. The van der Waals surface area contributed by atoms with Crippen LogP contribution in [-0.4, -0.2) is 60.1 Å². The van der Waals surface area contributed by atoms with E-state index in [1.54, 1.807) is 7.11 Å². The maximum Gasteiger partial charge on any atom is 0.270 e. The molecule has 1 aromatic carbocycles. The third-order valence-corrected chi connectivity index (χ3v) is 5.63. The summed E-state index contributed by atoms with van der Waals surface area (Å²) in [5.41, 5.74) is 1.84. The molecule has 5 heteroatoms. The molecule has 24 heavy (non-hydrogen) atoms. The highest BCUT2D eigenvalue weighted by Crippen LogP contribution is 2.30. The van der Waals surface area contributed by atoms with E-state index < -0.39 is 0 Å². The quantitative estimate of drug-likeness (QED) is 0.850. The van der Waals surface area contributed by atoms with Gasteiger partial charge < -0.3 is 19.1 Å². The first-order valence-corrected chi connectivity index (χ1v) is 8.70. The van der Waals surface area contributed by atoms with Gasteiger partial charge in [0, 0.05) is 43.6 Å². The van der Waals surface area contributed by atoms with E-state index in [2.05, 4.69) is 16.8 Å². The molecule has 128 valence electrons. The second-order valence-corrected chi connectivity index (χ2v) is 7.29. The highest BCUT2D eigenvalue weighted by atomic mass is 16.5. The molecule has 2 bridgehead atoms. The van der Waals surface area contributed by atoms with E-state index in [1.165, 1.54) is 6.42 Å². The van der Waals surface area contributed by atoms with Crippen molar-refractivity contribution in [2.45, 2.75) is 18.9 Å². The molecule has 1 amide bonds. The van der Waals surface area contributed by atoms with Gasteiger partial charge in [-0.15, -0.1) is 0 Å². The van der Waals surface area contributed by atoms with Gasteiger partial charge in [0.15, 0.2) is 0 Å². The molecule has 3 saturated heterocycles. The van der Waals surface area contributed by atoms with Gasteiger partial charge in [-0.2, -0.15) is 0 Å². The van der Waals surface area contributed by atoms with E-state index in [9.17, 15) is 4.79 Å². The van der Waals surface area contributed by atoms with Crippen LogP contribution in [0, 0.1) is 5.92 Å². The number of fused-ring (bicyclic) bond motifs is 5. The largest absolute Gasteiger partial charge is 0.497 e. The maximum atomic E-state index is 13.2. The molecule has 2 aromatic rings. The number of likely N-dealkylation sites (N-methyl/N-ethyl adjacent to an activating group) is 1. The lowest BCUT2D eigenvalue weighted by molar-refractivity contribution is 0.0577. The molecule has 4 heterocycles. The number of methoxy groups -OCH3 is 1. The SMILES string of the molecule is COc1ccc2c(c1)cc(C(=O)N1C[C@H]3CC[C@@H]1CN(C)C3)n2C. The van der Waals surface area contributed by atoms with Crippen molar-refractivity contribution in [1.29, 1.82) is 0 Å². The summed E-state index contributed by atoms with van der Waals surface area (Å²) in [4.78, 5) is 17.7. The van der Waals surface area contributed by atoms with Gasteiger partial charge in [-0.25, -0.2) is 0 Å². The molecule has 0 aliphatic carbocycles. The molecule has 0 N–H and O–H groups in total. The van der Waals surface area contributed by atoms with Gasteiger partial charge in [0.2, 0.25) is 0 Å². The lowest BCUT2D eigenvalue weighted by Crippen LogP contribution is -2.47. The Kier molecular flexibility index (Phi) is 3.76.